The molecule has 0 radical (unpaired) electrons. The number of urea groups is 1. The first-order valence-electron chi connectivity index (χ1n) is 7.72. The molecule has 0 spiro atoms. The van der Waals surface area contributed by atoms with E-state index in [1.165, 1.54) is 0 Å². The zero-order valence-electron chi connectivity index (χ0n) is 13.2. The number of amides is 4. The van der Waals surface area contributed by atoms with Gasteiger partial charge in [-0.05, 0) is 17.5 Å². The van der Waals surface area contributed by atoms with Crippen LogP contribution < -0.4 is 11.2 Å². The zero-order valence-corrected chi connectivity index (χ0v) is 13.2. The first-order valence-corrected chi connectivity index (χ1v) is 7.72. The number of nitrogens with one attached hydrogen (secondary N) is 1. The normalized spacial score (nSPS) is 14.4. The first kappa shape index (κ1) is 17.0. The van der Waals surface area contributed by atoms with Gasteiger partial charge in [-0.15, -0.1) is 0 Å². The standard InChI is InChI=1S/C16H22N4O3/c1-2-9-19(16(17)23)11-13-5-3-12(4-6-13)10-18-20-14(21)7-8-15(20)22/h3-6,18H,2,7-11H2,1H3,(H2,17,23). The topological polar surface area (TPSA) is 95.7 Å². The van der Waals surface area contributed by atoms with E-state index in [0.717, 1.165) is 22.6 Å². The Kier molecular flexibility index (Phi) is 5.70. The van der Waals surface area contributed by atoms with Crippen molar-refractivity contribution in [2.24, 2.45) is 5.73 Å². The predicted molar refractivity (Wildman–Crippen MR) is 84.7 cm³/mol. The molecule has 3 N–H and O–H groups in total. The van der Waals surface area contributed by atoms with E-state index in [1.807, 2.05) is 31.2 Å². The number of rotatable bonds is 7. The number of hydrazine groups is 1. The fraction of sp³-hybridized carbons (Fsp3) is 0.438. The molecule has 1 aliphatic heterocycles. The van der Waals surface area contributed by atoms with Crippen molar-refractivity contribution < 1.29 is 14.4 Å². The summed E-state index contributed by atoms with van der Waals surface area (Å²) in [5.41, 5.74) is 10.1. The number of hydrogen-bond acceptors (Lipinski definition) is 4. The summed E-state index contributed by atoms with van der Waals surface area (Å²) in [5, 5.41) is 1.09. The third kappa shape index (κ3) is 4.53. The molecule has 23 heavy (non-hydrogen) atoms. The Labute approximate surface area is 135 Å². The number of nitrogens with zero attached hydrogens (tertiary/aromatic N) is 2. The maximum atomic E-state index is 11.5. The highest BCUT2D eigenvalue weighted by molar-refractivity contribution is 6.01. The summed E-state index contributed by atoms with van der Waals surface area (Å²) < 4.78 is 0. The van der Waals surface area contributed by atoms with E-state index < -0.39 is 6.03 Å². The van der Waals surface area contributed by atoms with E-state index in [9.17, 15) is 14.4 Å². The lowest BCUT2D eigenvalue weighted by molar-refractivity contribution is -0.142. The molecular formula is C16H22N4O3. The third-order valence-electron chi connectivity index (χ3n) is 3.69. The van der Waals surface area contributed by atoms with Crippen LogP contribution in [0.2, 0.25) is 0 Å². The van der Waals surface area contributed by atoms with Gasteiger partial charge in [-0.2, -0.15) is 0 Å². The fourth-order valence-corrected chi connectivity index (χ4v) is 2.44. The van der Waals surface area contributed by atoms with Gasteiger partial charge in [0, 0.05) is 32.5 Å². The van der Waals surface area contributed by atoms with Crippen LogP contribution in [0.15, 0.2) is 24.3 Å². The van der Waals surface area contributed by atoms with Crippen molar-refractivity contribution in [1.29, 1.82) is 0 Å². The molecule has 1 fully saturated rings. The Morgan fingerprint density at radius 3 is 2.26 bits per heavy atom. The van der Waals surface area contributed by atoms with Gasteiger partial charge >= 0.3 is 6.03 Å². The molecule has 1 aromatic rings. The lowest BCUT2D eigenvalue weighted by Crippen LogP contribution is -2.41. The second kappa shape index (κ2) is 7.73. The average Bonchev–Trinajstić information content (AvgIpc) is 2.85. The molecule has 1 heterocycles. The molecular weight excluding hydrogens is 296 g/mol. The first-order chi connectivity index (χ1) is 11.0. The zero-order chi connectivity index (χ0) is 16.8. The van der Waals surface area contributed by atoms with E-state index in [1.54, 1.807) is 4.90 Å². The van der Waals surface area contributed by atoms with Gasteiger partial charge in [0.15, 0.2) is 0 Å². The number of imide groups is 1. The van der Waals surface area contributed by atoms with Crippen LogP contribution in [0.5, 0.6) is 0 Å². The van der Waals surface area contributed by atoms with Gasteiger partial charge in [-0.3, -0.25) is 9.59 Å². The molecule has 0 atom stereocenters. The van der Waals surface area contributed by atoms with Crippen LogP contribution >= 0.6 is 0 Å². The van der Waals surface area contributed by atoms with Crippen LogP contribution in [-0.4, -0.2) is 34.3 Å². The van der Waals surface area contributed by atoms with Crippen LogP contribution in [-0.2, 0) is 22.7 Å². The van der Waals surface area contributed by atoms with Crippen molar-refractivity contribution in [3.05, 3.63) is 35.4 Å². The smallest absolute Gasteiger partial charge is 0.315 e. The van der Waals surface area contributed by atoms with E-state index >= 15 is 0 Å². The van der Waals surface area contributed by atoms with E-state index in [2.05, 4.69) is 5.43 Å². The molecule has 1 saturated heterocycles. The largest absolute Gasteiger partial charge is 0.351 e. The molecule has 2 rings (SSSR count). The van der Waals surface area contributed by atoms with Gasteiger partial charge in [0.2, 0.25) is 11.8 Å². The molecule has 1 aliphatic rings. The summed E-state index contributed by atoms with van der Waals surface area (Å²) in [6, 6.07) is 7.20. The van der Waals surface area contributed by atoms with Gasteiger partial charge < -0.3 is 10.6 Å². The van der Waals surface area contributed by atoms with Crippen molar-refractivity contribution in [3.8, 4) is 0 Å². The van der Waals surface area contributed by atoms with Crippen molar-refractivity contribution in [1.82, 2.24) is 15.3 Å². The molecule has 7 heteroatoms. The van der Waals surface area contributed by atoms with Gasteiger partial charge in [0.05, 0.1) is 0 Å². The maximum Gasteiger partial charge on any atom is 0.315 e. The maximum absolute atomic E-state index is 11.5. The van der Waals surface area contributed by atoms with Gasteiger partial charge in [-0.1, -0.05) is 31.2 Å². The summed E-state index contributed by atoms with van der Waals surface area (Å²) in [4.78, 5) is 35.9. The van der Waals surface area contributed by atoms with E-state index in [4.69, 9.17) is 5.73 Å². The van der Waals surface area contributed by atoms with Crippen molar-refractivity contribution in [2.75, 3.05) is 6.54 Å². The van der Waals surface area contributed by atoms with Crippen LogP contribution in [0.1, 0.15) is 37.3 Å². The highest BCUT2D eigenvalue weighted by atomic mass is 16.2. The monoisotopic (exact) mass is 318 g/mol. The lowest BCUT2D eigenvalue weighted by Gasteiger charge is -2.20. The minimum absolute atomic E-state index is 0.191. The Morgan fingerprint density at radius 2 is 1.74 bits per heavy atom. The molecule has 7 nitrogen and oxygen atoms in total. The highest BCUT2D eigenvalue weighted by Crippen LogP contribution is 2.11. The average molecular weight is 318 g/mol. The van der Waals surface area contributed by atoms with E-state index in [0.29, 0.717) is 19.6 Å². The predicted octanol–water partition coefficient (Wildman–Crippen LogP) is 1.13. The van der Waals surface area contributed by atoms with Crippen LogP contribution in [0.3, 0.4) is 0 Å². The van der Waals surface area contributed by atoms with Crippen LogP contribution in [0.4, 0.5) is 4.79 Å². The summed E-state index contributed by atoms with van der Waals surface area (Å²) in [7, 11) is 0. The quantitative estimate of drug-likeness (QED) is 0.737. The fourth-order valence-electron chi connectivity index (χ4n) is 2.44. The lowest BCUT2D eigenvalue weighted by atomic mass is 10.1. The number of hydrogen-bond donors (Lipinski definition) is 2. The minimum atomic E-state index is -0.427. The van der Waals surface area contributed by atoms with Crippen molar-refractivity contribution in [2.45, 2.75) is 39.3 Å². The molecule has 0 aromatic heterocycles. The number of nitrogens with two attached hydrogens (primary N) is 1. The summed E-state index contributed by atoms with van der Waals surface area (Å²) in [6.07, 6.45) is 1.39. The number of carbonyl (C=O) groups is 3. The molecule has 1 aromatic carbocycles. The van der Waals surface area contributed by atoms with E-state index in [-0.39, 0.29) is 24.7 Å². The molecule has 0 bridgehead atoms. The van der Waals surface area contributed by atoms with Gasteiger partial charge in [-0.25, -0.2) is 15.2 Å². The molecule has 124 valence electrons. The Hall–Kier alpha value is -2.41. The Morgan fingerprint density at radius 1 is 1.17 bits per heavy atom. The highest BCUT2D eigenvalue weighted by Gasteiger charge is 2.28. The summed E-state index contributed by atoms with van der Waals surface area (Å²) >= 11 is 0. The minimum Gasteiger partial charge on any atom is -0.351 e. The van der Waals surface area contributed by atoms with Crippen molar-refractivity contribution in [3.63, 3.8) is 0 Å². The van der Waals surface area contributed by atoms with Gasteiger partial charge in [0.25, 0.3) is 0 Å². The number of carbonyl (C=O) groups excluding carboxylic acids is 3. The number of benzene rings is 1. The second-order valence-electron chi connectivity index (χ2n) is 5.53. The molecule has 0 unspecified atom stereocenters. The SMILES string of the molecule is CCCN(Cc1ccc(CNN2C(=O)CCC2=O)cc1)C(N)=O. The molecule has 0 saturated carbocycles. The summed E-state index contributed by atoms with van der Waals surface area (Å²) in [6.45, 7) is 3.48. The Balaban J connectivity index is 1.90. The number of primary amides is 1. The summed E-state index contributed by atoms with van der Waals surface area (Å²) in [5.74, 6) is -0.383. The molecule has 4 amide bonds. The molecule has 0 aliphatic carbocycles. The van der Waals surface area contributed by atoms with Crippen LogP contribution in [0.25, 0.3) is 0 Å². The van der Waals surface area contributed by atoms with Crippen molar-refractivity contribution >= 4 is 17.8 Å². The second-order valence-corrected chi connectivity index (χ2v) is 5.53. The Bertz CT molecular complexity index is 569. The van der Waals surface area contributed by atoms with Crippen LogP contribution in [0, 0.1) is 0 Å². The third-order valence-corrected chi connectivity index (χ3v) is 3.69. The van der Waals surface area contributed by atoms with Gasteiger partial charge in [0.1, 0.15) is 0 Å².